The van der Waals surface area contributed by atoms with Gasteiger partial charge in [-0.3, -0.25) is 4.90 Å². The highest BCUT2D eigenvalue weighted by Gasteiger charge is 2.35. The van der Waals surface area contributed by atoms with Gasteiger partial charge in [0.1, 0.15) is 0 Å². The Morgan fingerprint density at radius 1 is 1.40 bits per heavy atom. The van der Waals surface area contributed by atoms with Gasteiger partial charge in [-0.2, -0.15) is 0 Å². The molecule has 0 atom stereocenters. The molecule has 1 N–H and O–H groups in total. The topological polar surface area (TPSA) is 44.8 Å². The van der Waals surface area contributed by atoms with Crippen molar-refractivity contribution in [3.8, 4) is 0 Å². The molecule has 2 fully saturated rings. The molecule has 0 aliphatic carbocycles. The molecule has 0 radical (unpaired) electrons. The van der Waals surface area contributed by atoms with Crippen molar-refractivity contribution in [2.24, 2.45) is 0 Å². The average Bonchev–Trinajstić information content (AvgIpc) is 2.17. The largest absolute Gasteiger partial charge is 0.450 e. The zero-order chi connectivity index (χ0) is 10.7. The van der Waals surface area contributed by atoms with E-state index < -0.39 is 0 Å². The Balaban J connectivity index is 1.70. The molecule has 86 valence electrons. The number of carbonyl (C=O) groups is 1. The molecule has 0 unspecified atom stereocenters. The molecule has 5 heteroatoms. The lowest BCUT2D eigenvalue weighted by molar-refractivity contribution is 0.0188. The van der Waals surface area contributed by atoms with Crippen LogP contribution in [0.3, 0.4) is 0 Å². The highest BCUT2D eigenvalue weighted by molar-refractivity contribution is 5.68. The molecule has 2 aliphatic rings. The number of amides is 1. The van der Waals surface area contributed by atoms with Crippen LogP contribution in [0.1, 0.15) is 6.92 Å². The van der Waals surface area contributed by atoms with Crippen LogP contribution in [0.4, 0.5) is 4.79 Å². The van der Waals surface area contributed by atoms with Gasteiger partial charge in [0.05, 0.1) is 6.61 Å². The number of rotatable bonds is 2. The van der Waals surface area contributed by atoms with E-state index in [1.807, 2.05) is 6.92 Å². The first kappa shape index (κ1) is 10.7. The Bertz CT molecular complexity index is 223. The summed E-state index contributed by atoms with van der Waals surface area (Å²) in [6, 6.07) is 0.552. The van der Waals surface area contributed by atoms with Crippen molar-refractivity contribution in [1.29, 1.82) is 0 Å². The summed E-state index contributed by atoms with van der Waals surface area (Å²) in [6.45, 7) is 8.30. The van der Waals surface area contributed by atoms with E-state index in [2.05, 4.69) is 10.2 Å². The summed E-state index contributed by atoms with van der Waals surface area (Å²) in [5.41, 5.74) is 0. The molecule has 0 aromatic rings. The van der Waals surface area contributed by atoms with Gasteiger partial charge >= 0.3 is 6.09 Å². The molecule has 2 saturated heterocycles. The predicted octanol–water partition coefficient (Wildman–Crippen LogP) is -0.268. The number of carbonyl (C=O) groups excluding carboxylic acids is 1. The molecule has 2 rings (SSSR count). The molecule has 0 bridgehead atoms. The zero-order valence-corrected chi connectivity index (χ0v) is 9.24. The molecule has 2 heterocycles. The van der Waals surface area contributed by atoms with E-state index in [-0.39, 0.29) is 6.09 Å². The Morgan fingerprint density at radius 2 is 2.07 bits per heavy atom. The van der Waals surface area contributed by atoms with E-state index in [9.17, 15) is 4.79 Å². The van der Waals surface area contributed by atoms with Gasteiger partial charge in [0.2, 0.25) is 0 Å². The van der Waals surface area contributed by atoms with Crippen LogP contribution < -0.4 is 5.32 Å². The molecule has 0 aromatic carbocycles. The van der Waals surface area contributed by atoms with E-state index in [4.69, 9.17) is 4.74 Å². The van der Waals surface area contributed by atoms with Crippen LogP contribution in [-0.2, 0) is 4.74 Å². The smallest absolute Gasteiger partial charge is 0.409 e. The average molecular weight is 213 g/mol. The summed E-state index contributed by atoms with van der Waals surface area (Å²) in [6.07, 6.45) is -0.163. The molecule has 5 nitrogen and oxygen atoms in total. The summed E-state index contributed by atoms with van der Waals surface area (Å²) < 4.78 is 4.94. The molecule has 0 aromatic heterocycles. The highest BCUT2D eigenvalue weighted by atomic mass is 16.6. The van der Waals surface area contributed by atoms with Crippen molar-refractivity contribution in [1.82, 2.24) is 15.1 Å². The minimum absolute atomic E-state index is 0.163. The number of piperazine rings is 1. The van der Waals surface area contributed by atoms with Gasteiger partial charge in [-0.05, 0) is 6.92 Å². The number of ether oxygens (including phenoxy) is 1. The van der Waals surface area contributed by atoms with E-state index in [1.165, 1.54) is 0 Å². The van der Waals surface area contributed by atoms with E-state index in [0.29, 0.717) is 12.6 Å². The molecule has 0 spiro atoms. The Labute approximate surface area is 90.4 Å². The third-order valence-electron chi connectivity index (χ3n) is 3.06. The fraction of sp³-hybridized carbons (Fsp3) is 0.900. The predicted molar refractivity (Wildman–Crippen MR) is 56.8 cm³/mol. The minimum atomic E-state index is -0.163. The van der Waals surface area contributed by atoms with Crippen LogP contribution in [-0.4, -0.2) is 67.8 Å². The fourth-order valence-electron chi connectivity index (χ4n) is 2.10. The van der Waals surface area contributed by atoms with Gasteiger partial charge in [0.25, 0.3) is 0 Å². The van der Waals surface area contributed by atoms with Gasteiger partial charge in [0, 0.05) is 45.3 Å². The van der Waals surface area contributed by atoms with Crippen LogP contribution in [0.2, 0.25) is 0 Å². The molecule has 0 saturated carbocycles. The van der Waals surface area contributed by atoms with Crippen molar-refractivity contribution in [3.05, 3.63) is 0 Å². The van der Waals surface area contributed by atoms with Crippen LogP contribution in [0.15, 0.2) is 0 Å². The number of hydrogen-bond donors (Lipinski definition) is 1. The first-order valence-corrected chi connectivity index (χ1v) is 5.67. The molecular formula is C10H19N3O2. The lowest BCUT2D eigenvalue weighted by atomic mass is 10.1. The van der Waals surface area contributed by atoms with Crippen molar-refractivity contribution < 1.29 is 9.53 Å². The normalized spacial score (nSPS) is 23.7. The second-order valence-corrected chi connectivity index (χ2v) is 4.04. The van der Waals surface area contributed by atoms with E-state index in [1.54, 1.807) is 4.90 Å². The summed E-state index contributed by atoms with van der Waals surface area (Å²) >= 11 is 0. The number of hydrogen-bond acceptors (Lipinski definition) is 4. The first-order valence-electron chi connectivity index (χ1n) is 5.67. The number of nitrogens with zero attached hydrogens (tertiary/aromatic N) is 2. The summed E-state index contributed by atoms with van der Waals surface area (Å²) in [4.78, 5) is 15.6. The van der Waals surface area contributed by atoms with Crippen LogP contribution in [0.5, 0.6) is 0 Å². The summed E-state index contributed by atoms with van der Waals surface area (Å²) in [7, 11) is 0. The number of nitrogens with one attached hydrogen (secondary N) is 1. The quantitative estimate of drug-likeness (QED) is 0.686. The van der Waals surface area contributed by atoms with Crippen molar-refractivity contribution in [3.63, 3.8) is 0 Å². The molecule has 2 aliphatic heterocycles. The summed E-state index contributed by atoms with van der Waals surface area (Å²) in [5, 5.41) is 3.33. The molecule has 1 amide bonds. The van der Waals surface area contributed by atoms with Gasteiger partial charge in [-0.25, -0.2) is 4.79 Å². The third kappa shape index (κ3) is 2.41. The Morgan fingerprint density at radius 3 is 2.67 bits per heavy atom. The Kier molecular flexibility index (Phi) is 3.43. The van der Waals surface area contributed by atoms with Crippen LogP contribution in [0.25, 0.3) is 0 Å². The standard InChI is InChI=1S/C10H19N3O2/c1-2-15-10(14)13-7-9(8-13)12-5-3-11-4-6-12/h9,11H,2-8H2,1H3. The highest BCUT2D eigenvalue weighted by Crippen LogP contribution is 2.16. The second-order valence-electron chi connectivity index (χ2n) is 4.04. The maximum absolute atomic E-state index is 11.3. The molecular weight excluding hydrogens is 194 g/mol. The lowest BCUT2D eigenvalue weighted by Crippen LogP contribution is -2.63. The third-order valence-corrected chi connectivity index (χ3v) is 3.06. The van der Waals surface area contributed by atoms with Crippen molar-refractivity contribution in [2.75, 3.05) is 45.9 Å². The fourth-order valence-corrected chi connectivity index (χ4v) is 2.10. The first-order chi connectivity index (χ1) is 7.31. The minimum Gasteiger partial charge on any atom is -0.450 e. The Hall–Kier alpha value is -0.810. The maximum Gasteiger partial charge on any atom is 0.409 e. The van der Waals surface area contributed by atoms with E-state index in [0.717, 1.165) is 39.3 Å². The van der Waals surface area contributed by atoms with Gasteiger partial charge in [-0.15, -0.1) is 0 Å². The zero-order valence-electron chi connectivity index (χ0n) is 9.24. The molecule has 15 heavy (non-hydrogen) atoms. The lowest BCUT2D eigenvalue weighted by Gasteiger charge is -2.45. The van der Waals surface area contributed by atoms with Gasteiger partial charge in [0.15, 0.2) is 0 Å². The number of likely N-dealkylation sites (tertiary alicyclic amines) is 1. The monoisotopic (exact) mass is 213 g/mol. The van der Waals surface area contributed by atoms with Gasteiger partial charge in [-0.1, -0.05) is 0 Å². The van der Waals surface area contributed by atoms with E-state index >= 15 is 0 Å². The van der Waals surface area contributed by atoms with Gasteiger partial charge < -0.3 is 15.0 Å². The van der Waals surface area contributed by atoms with Crippen molar-refractivity contribution >= 4 is 6.09 Å². The summed E-state index contributed by atoms with van der Waals surface area (Å²) in [5.74, 6) is 0. The SMILES string of the molecule is CCOC(=O)N1CC(N2CCNCC2)C1. The van der Waals surface area contributed by atoms with Crippen molar-refractivity contribution in [2.45, 2.75) is 13.0 Å². The maximum atomic E-state index is 11.3. The van der Waals surface area contributed by atoms with Crippen LogP contribution >= 0.6 is 0 Å². The second kappa shape index (κ2) is 4.81. The van der Waals surface area contributed by atoms with Crippen LogP contribution in [0, 0.1) is 0 Å².